The van der Waals surface area contributed by atoms with Crippen molar-refractivity contribution < 1.29 is 9.90 Å². The molecule has 2 fully saturated rings. The average molecular weight is 323 g/mol. The lowest BCUT2D eigenvalue weighted by molar-refractivity contribution is -0.123. The molecule has 1 aromatic rings. The third-order valence-corrected chi connectivity index (χ3v) is 5.29. The van der Waals surface area contributed by atoms with E-state index in [1.54, 1.807) is 0 Å². The van der Waals surface area contributed by atoms with Crippen LogP contribution in [0.4, 0.5) is 0 Å². The van der Waals surface area contributed by atoms with E-state index in [-0.39, 0.29) is 17.4 Å². The molecule has 1 heterocycles. The second-order valence-corrected chi connectivity index (χ2v) is 7.00. The van der Waals surface area contributed by atoms with Gasteiger partial charge in [-0.15, -0.1) is 0 Å². The summed E-state index contributed by atoms with van der Waals surface area (Å²) in [5.41, 5.74) is 1.28. The SMILES string of the molecule is O=C(NCC1(c2ccc(Cl)cc2)CCCC1)C1CC(O)CN1. The number of carbonyl (C=O) groups is 1. The number of hydrogen-bond donors (Lipinski definition) is 3. The third-order valence-electron chi connectivity index (χ3n) is 5.04. The smallest absolute Gasteiger partial charge is 0.237 e. The van der Waals surface area contributed by atoms with E-state index in [1.807, 2.05) is 12.1 Å². The number of rotatable bonds is 4. The van der Waals surface area contributed by atoms with E-state index < -0.39 is 6.10 Å². The molecule has 0 radical (unpaired) electrons. The Labute approximate surface area is 136 Å². The zero-order chi connectivity index (χ0) is 15.6. The second-order valence-electron chi connectivity index (χ2n) is 6.56. The molecule has 3 rings (SSSR count). The molecule has 4 nitrogen and oxygen atoms in total. The molecule has 22 heavy (non-hydrogen) atoms. The number of aliphatic hydroxyl groups is 1. The Morgan fingerprint density at radius 3 is 2.59 bits per heavy atom. The van der Waals surface area contributed by atoms with Crippen LogP contribution >= 0.6 is 11.6 Å². The molecule has 2 unspecified atom stereocenters. The summed E-state index contributed by atoms with van der Waals surface area (Å²) in [6, 6.07) is 7.74. The quantitative estimate of drug-likeness (QED) is 0.794. The van der Waals surface area contributed by atoms with Crippen LogP contribution in [0.3, 0.4) is 0 Å². The van der Waals surface area contributed by atoms with E-state index >= 15 is 0 Å². The normalized spacial score (nSPS) is 27.0. The standard InChI is InChI=1S/C17H23ClN2O2/c18-13-5-3-12(4-6-13)17(7-1-2-8-17)11-20-16(22)15-9-14(21)10-19-15/h3-6,14-15,19,21H,1-2,7-11H2,(H,20,22). The largest absolute Gasteiger partial charge is 0.392 e. The molecule has 120 valence electrons. The molecule has 5 heteroatoms. The molecule has 1 saturated heterocycles. The van der Waals surface area contributed by atoms with Crippen molar-refractivity contribution in [2.24, 2.45) is 0 Å². The molecule has 0 aromatic heterocycles. The highest BCUT2D eigenvalue weighted by Crippen LogP contribution is 2.41. The Balaban J connectivity index is 1.67. The van der Waals surface area contributed by atoms with Crippen molar-refractivity contribution in [2.75, 3.05) is 13.1 Å². The first-order chi connectivity index (χ1) is 10.6. The molecule has 1 aliphatic heterocycles. The van der Waals surface area contributed by atoms with Gasteiger partial charge in [-0.1, -0.05) is 36.6 Å². The molecule has 2 atom stereocenters. The van der Waals surface area contributed by atoms with Crippen LogP contribution in [-0.2, 0) is 10.2 Å². The van der Waals surface area contributed by atoms with E-state index in [0.717, 1.165) is 17.9 Å². The molecule has 3 N–H and O–H groups in total. The van der Waals surface area contributed by atoms with Crippen LogP contribution in [0, 0.1) is 0 Å². The van der Waals surface area contributed by atoms with E-state index in [1.165, 1.54) is 18.4 Å². The van der Waals surface area contributed by atoms with Crippen molar-refractivity contribution in [3.63, 3.8) is 0 Å². The number of nitrogens with one attached hydrogen (secondary N) is 2. The average Bonchev–Trinajstić information content (AvgIpc) is 3.15. The van der Waals surface area contributed by atoms with Gasteiger partial charge < -0.3 is 15.7 Å². The Kier molecular flexibility index (Phi) is 4.71. The number of hydrogen-bond acceptors (Lipinski definition) is 3. The topological polar surface area (TPSA) is 61.4 Å². The second kappa shape index (κ2) is 6.57. The highest BCUT2D eigenvalue weighted by molar-refractivity contribution is 6.30. The van der Waals surface area contributed by atoms with Gasteiger partial charge in [0.05, 0.1) is 12.1 Å². The molecule has 1 aliphatic carbocycles. The Morgan fingerprint density at radius 1 is 1.32 bits per heavy atom. The summed E-state index contributed by atoms with van der Waals surface area (Å²) < 4.78 is 0. The molecule has 0 spiro atoms. The van der Waals surface area contributed by atoms with Crippen molar-refractivity contribution in [3.05, 3.63) is 34.9 Å². The predicted octanol–water partition coefficient (Wildman–Crippen LogP) is 1.99. The third kappa shape index (κ3) is 3.29. The Hall–Kier alpha value is -1.10. The summed E-state index contributed by atoms with van der Waals surface area (Å²) in [6.45, 7) is 1.15. The molecule has 1 saturated carbocycles. The van der Waals surface area contributed by atoms with Gasteiger partial charge in [-0.25, -0.2) is 0 Å². The van der Waals surface area contributed by atoms with Crippen LogP contribution in [0.2, 0.25) is 5.02 Å². The number of aliphatic hydroxyl groups excluding tert-OH is 1. The van der Waals surface area contributed by atoms with E-state index in [9.17, 15) is 9.90 Å². The van der Waals surface area contributed by atoms with Crippen molar-refractivity contribution in [2.45, 2.75) is 49.7 Å². The van der Waals surface area contributed by atoms with Gasteiger partial charge in [0.1, 0.15) is 0 Å². The lowest BCUT2D eigenvalue weighted by atomic mass is 9.79. The first-order valence-electron chi connectivity index (χ1n) is 8.04. The summed E-state index contributed by atoms with van der Waals surface area (Å²) >= 11 is 5.99. The number of benzene rings is 1. The van der Waals surface area contributed by atoms with Gasteiger partial charge in [-0.2, -0.15) is 0 Å². The number of carbonyl (C=O) groups excluding carboxylic acids is 1. The number of β-amino-alcohol motifs (C(OH)–C–C–N with tert-alkyl or cyclic N) is 1. The molecule has 2 aliphatic rings. The highest BCUT2D eigenvalue weighted by Gasteiger charge is 2.37. The van der Waals surface area contributed by atoms with E-state index in [2.05, 4.69) is 22.8 Å². The van der Waals surface area contributed by atoms with E-state index in [0.29, 0.717) is 19.5 Å². The van der Waals surface area contributed by atoms with Crippen LogP contribution in [0.5, 0.6) is 0 Å². The molecule has 1 amide bonds. The van der Waals surface area contributed by atoms with Crippen molar-refractivity contribution in [1.82, 2.24) is 10.6 Å². The maximum Gasteiger partial charge on any atom is 0.237 e. The van der Waals surface area contributed by atoms with Gasteiger partial charge in [0.15, 0.2) is 0 Å². The van der Waals surface area contributed by atoms with Crippen LogP contribution < -0.4 is 10.6 Å². The van der Waals surface area contributed by atoms with Gasteiger partial charge in [0.2, 0.25) is 5.91 Å². The predicted molar refractivity (Wildman–Crippen MR) is 87.0 cm³/mol. The first kappa shape index (κ1) is 15.8. The summed E-state index contributed by atoms with van der Waals surface area (Å²) in [7, 11) is 0. The minimum Gasteiger partial charge on any atom is -0.392 e. The minimum atomic E-state index is -0.410. The summed E-state index contributed by atoms with van der Waals surface area (Å²) in [5.74, 6) is -0.00297. The monoisotopic (exact) mass is 322 g/mol. The number of halogens is 1. The van der Waals surface area contributed by atoms with Crippen LogP contribution in [0.1, 0.15) is 37.7 Å². The fourth-order valence-electron chi connectivity index (χ4n) is 3.72. The zero-order valence-corrected chi connectivity index (χ0v) is 13.4. The van der Waals surface area contributed by atoms with E-state index in [4.69, 9.17) is 11.6 Å². The summed E-state index contributed by atoms with van der Waals surface area (Å²) in [6.07, 6.45) is 4.66. The van der Waals surface area contributed by atoms with Gasteiger partial charge in [0, 0.05) is 23.5 Å². The lowest BCUT2D eigenvalue weighted by Gasteiger charge is -2.30. The summed E-state index contributed by atoms with van der Waals surface area (Å²) in [4.78, 5) is 12.3. The summed E-state index contributed by atoms with van der Waals surface area (Å²) in [5, 5.41) is 16.4. The van der Waals surface area contributed by atoms with Crippen LogP contribution in [0.25, 0.3) is 0 Å². The van der Waals surface area contributed by atoms with Crippen LogP contribution in [0.15, 0.2) is 24.3 Å². The number of amides is 1. The Morgan fingerprint density at radius 2 is 2.00 bits per heavy atom. The van der Waals surface area contributed by atoms with Crippen molar-refractivity contribution in [1.29, 1.82) is 0 Å². The highest BCUT2D eigenvalue weighted by atomic mass is 35.5. The van der Waals surface area contributed by atoms with Crippen molar-refractivity contribution in [3.8, 4) is 0 Å². The maximum atomic E-state index is 12.3. The van der Waals surface area contributed by atoms with Crippen LogP contribution in [-0.4, -0.2) is 36.2 Å². The molecule has 0 bridgehead atoms. The van der Waals surface area contributed by atoms with Gasteiger partial charge in [-0.05, 0) is 37.0 Å². The maximum absolute atomic E-state index is 12.3. The van der Waals surface area contributed by atoms with Gasteiger partial charge >= 0.3 is 0 Å². The molecule has 1 aromatic carbocycles. The fraction of sp³-hybridized carbons (Fsp3) is 0.588. The van der Waals surface area contributed by atoms with Crippen molar-refractivity contribution >= 4 is 17.5 Å². The molecular formula is C17H23ClN2O2. The molecular weight excluding hydrogens is 300 g/mol. The minimum absolute atomic E-state index is 0.00297. The first-order valence-corrected chi connectivity index (χ1v) is 8.42. The fourth-order valence-corrected chi connectivity index (χ4v) is 3.85. The zero-order valence-electron chi connectivity index (χ0n) is 12.6. The Bertz CT molecular complexity index is 526. The van der Waals surface area contributed by atoms with Gasteiger partial charge in [-0.3, -0.25) is 4.79 Å². The lowest BCUT2D eigenvalue weighted by Crippen LogP contribution is -2.46. The van der Waals surface area contributed by atoms with Gasteiger partial charge in [0.25, 0.3) is 0 Å².